The first-order valence-electron chi connectivity index (χ1n) is 11.6. The SMILES string of the molecule is CC1(C)C(=O)N(c2ccc(C#N)c(C(F)(F)F)c2)C(=S)N1c1ccc(OCCN2CCNCC2)c(F)c1. The number of carbonyl (C=O) groups excluding carboxylic acids is 1. The van der Waals surface area contributed by atoms with Crippen LogP contribution in [0.25, 0.3) is 0 Å². The largest absolute Gasteiger partial charge is 0.489 e. The number of ether oxygens (including phenoxy) is 1. The molecule has 1 amide bonds. The Bertz CT molecular complexity index is 1250. The summed E-state index contributed by atoms with van der Waals surface area (Å²) in [7, 11) is 0. The number of piperazine rings is 1. The van der Waals surface area contributed by atoms with Gasteiger partial charge in [0.2, 0.25) is 0 Å². The summed E-state index contributed by atoms with van der Waals surface area (Å²) in [5.41, 5.74) is -2.94. The molecule has 0 saturated carbocycles. The molecule has 0 bridgehead atoms. The lowest BCUT2D eigenvalue weighted by molar-refractivity contribution is -0.137. The van der Waals surface area contributed by atoms with E-state index in [2.05, 4.69) is 10.2 Å². The van der Waals surface area contributed by atoms with Crippen LogP contribution in [0.15, 0.2) is 36.4 Å². The third-order valence-electron chi connectivity index (χ3n) is 6.40. The van der Waals surface area contributed by atoms with E-state index in [-0.39, 0.29) is 22.2 Å². The maximum Gasteiger partial charge on any atom is 0.417 e. The summed E-state index contributed by atoms with van der Waals surface area (Å²) in [5, 5.41) is 12.2. The van der Waals surface area contributed by atoms with E-state index in [1.54, 1.807) is 19.9 Å². The van der Waals surface area contributed by atoms with Crippen molar-refractivity contribution >= 4 is 34.6 Å². The highest BCUT2D eigenvalue weighted by atomic mass is 32.1. The van der Waals surface area contributed by atoms with E-state index < -0.39 is 34.6 Å². The topological polar surface area (TPSA) is 71.8 Å². The fraction of sp³-hybridized carbons (Fsp3) is 0.400. The van der Waals surface area contributed by atoms with Gasteiger partial charge in [-0.1, -0.05) is 0 Å². The molecule has 1 N–H and O–H groups in total. The quantitative estimate of drug-likeness (QED) is 0.444. The Balaban J connectivity index is 1.57. The van der Waals surface area contributed by atoms with Gasteiger partial charge in [-0.15, -0.1) is 0 Å². The lowest BCUT2D eigenvalue weighted by atomic mass is 10.0. The molecule has 2 heterocycles. The smallest absolute Gasteiger partial charge is 0.417 e. The van der Waals surface area contributed by atoms with E-state index in [0.29, 0.717) is 13.2 Å². The molecule has 37 heavy (non-hydrogen) atoms. The number of halogens is 4. The Morgan fingerprint density at radius 2 is 1.81 bits per heavy atom. The van der Waals surface area contributed by atoms with Crippen molar-refractivity contribution in [2.24, 2.45) is 0 Å². The highest BCUT2D eigenvalue weighted by Gasteiger charge is 2.50. The number of alkyl halides is 3. The number of amides is 1. The highest BCUT2D eigenvalue weighted by molar-refractivity contribution is 7.81. The van der Waals surface area contributed by atoms with Crippen LogP contribution in [0.5, 0.6) is 5.75 Å². The molecule has 7 nitrogen and oxygen atoms in total. The zero-order valence-corrected chi connectivity index (χ0v) is 21.0. The van der Waals surface area contributed by atoms with E-state index in [9.17, 15) is 22.4 Å². The van der Waals surface area contributed by atoms with Crippen molar-refractivity contribution in [1.29, 1.82) is 5.26 Å². The van der Waals surface area contributed by atoms with Crippen molar-refractivity contribution in [3.63, 3.8) is 0 Å². The van der Waals surface area contributed by atoms with Crippen LogP contribution in [0.1, 0.15) is 25.0 Å². The summed E-state index contributed by atoms with van der Waals surface area (Å²) in [6.07, 6.45) is -4.80. The van der Waals surface area contributed by atoms with Gasteiger partial charge in [-0.2, -0.15) is 18.4 Å². The van der Waals surface area contributed by atoms with Crippen molar-refractivity contribution in [2.75, 3.05) is 49.1 Å². The van der Waals surface area contributed by atoms with E-state index in [0.717, 1.165) is 43.2 Å². The number of hydrogen-bond acceptors (Lipinski definition) is 6. The van der Waals surface area contributed by atoms with Crippen LogP contribution in [-0.2, 0) is 11.0 Å². The minimum Gasteiger partial charge on any atom is -0.489 e. The summed E-state index contributed by atoms with van der Waals surface area (Å²) in [4.78, 5) is 17.9. The number of rotatable bonds is 6. The van der Waals surface area contributed by atoms with Crippen molar-refractivity contribution < 1.29 is 27.1 Å². The molecule has 0 unspecified atom stereocenters. The second-order valence-corrected chi connectivity index (χ2v) is 9.58. The molecule has 0 spiro atoms. The maximum absolute atomic E-state index is 15.0. The summed E-state index contributed by atoms with van der Waals surface area (Å²) >= 11 is 5.49. The van der Waals surface area contributed by atoms with Crippen molar-refractivity contribution in [3.8, 4) is 11.8 Å². The van der Waals surface area contributed by atoms with E-state index in [1.165, 1.54) is 29.2 Å². The van der Waals surface area contributed by atoms with Crippen LogP contribution in [-0.4, -0.2) is 60.8 Å². The standard InChI is InChI=1S/C25H25F4N5O2S/c1-24(2)22(35)33(17-4-3-16(15-30)19(13-17)25(27,28)29)23(37)34(24)18-5-6-21(20(26)14-18)36-12-11-32-9-7-31-8-10-32/h3-6,13-14,31H,7-12H2,1-2H3. The Labute approximate surface area is 217 Å². The number of nitriles is 1. The highest BCUT2D eigenvalue weighted by Crippen LogP contribution is 2.40. The molecule has 0 aromatic heterocycles. The number of hydrogen-bond donors (Lipinski definition) is 1. The van der Waals surface area contributed by atoms with Crippen LogP contribution in [0, 0.1) is 17.1 Å². The van der Waals surface area contributed by atoms with Gasteiger partial charge in [0.05, 0.1) is 22.9 Å². The third kappa shape index (κ3) is 5.25. The van der Waals surface area contributed by atoms with Crippen LogP contribution in [0.4, 0.5) is 28.9 Å². The molecular weight excluding hydrogens is 510 g/mol. The number of nitrogens with zero attached hydrogens (tertiary/aromatic N) is 4. The molecule has 196 valence electrons. The number of benzene rings is 2. The van der Waals surface area contributed by atoms with Crippen LogP contribution in [0.3, 0.4) is 0 Å². The van der Waals surface area contributed by atoms with Crippen molar-refractivity contribution in [1.82, 2.24) is 10.2 Å². The average molecular weight is 536 g/mol. The molecular formula is C25H25F4N5O2S. The molecule has 0 radical (unpaired) electrons. The molecule has 2 saturated heterocycles. The normalized spacial score (nSPS) is 18.3. The van der Waals surface area contributed by atoms with Crippen LogP contribution >= 0.6 is 12.2 Å². The Hall–Kier alpha value is -3.27. The first-order chi connectivity index (χ1) is 17.4. The molecule has 4 rings (SSSR count). The monoisotopic (exact) mass is 535 g/mol. The summed E-state index contributed by atoms with van der Waals surface area (Å²) in [5.74, 6) is -1.20. The second kappa shape index (κ2) is 10.2. The van der Waals surface area contributed by atoms with Crippen molar-refractivity contribution in [2.45, 2.75) is 25.6 Å². The summed E-state index contributed by atoms with van der Waals surface area (Å²) in [6.45, 7) is 7.61. The van der Waals surface area contributed by atoms with Gasteiger partial charge < -0.3 is 15.0 Å². The van der Waals surface area contributed by atoms with Gasteiger partial charge in [-0.25, -0.2) is 4.39 Å². The number of carbonyl (C=O) groups is 1. The molecule has 2 aromatic rings. The Morgan fingerprint density at radius 3 is 2.43 bits per heavy atom. The molecule has 2 aromatic carbocycles. The van der Waals surface area contributed by atoms with Gasteiger partial charge in [-0.3, -0.25) is 14.6 Å². The molecule has 2 aliphatic heterocycles. The minimum atomic E-state index is -4.80. The van der Waals surface area contributed by atoms with Crippen LogP contribution < -0.4 is 19.9 Å². The molecule has 2 aliphatic rings. The predicted octanol–water partition coefficient (Wildman–Crippen LogP) is 3.92. The molecule has 2 fully saturated rings. The fourth-order valence-electron chi connectivity index (χ4n) is 4.42. The van der Waals surface area contributed by atoms with Crippen LogP contribution in [0.2, 0.25) is 0 Å². The van der Waals surface area contributed by atoms with Gasteiger partial charge in [0.15, 0.2) is 16.7 Å². The van der Waals surface area contributed by atoms with E-state index >= 15 is 0 Å². The zero-order chi connectivity index (χ0) is 27.0. The molecule has 12 heteroatoms. The number of anilines is 2. The first-order valence-corrected chi connectivity index (χ1v) is 12.0. The van der Waals surface area contributed by atoms with Gasteiger partial charge >= 0.3 is 6.18 Å². The van der Waals surface area contributed by atoms with E-state index in [4.69, 9.17) is 22.2 Å². The Morgan fingerprint density at radius 1 is 1.14 bits per heavy atom. The fourth-order valence-corrected chi connectivity index (χ4v) is 4.95. The lowest BCUT2D eigenvalue weighted by Crippen LogP contribution is -2.45. The average Bonchev–Trinajstić information content (AvgIpc) is 3.03. The minimum absolute atomic E-state index is 0.0481. The molecule has 0 aliphatic carbocycles. The summed E-state index contributed by atoms with van der Waals surface area (Å²) < 4.78 is 61.1. The maximum atomic E-state index is 15.0. The lowest BCUT2D eigenvalue weighted by Gasteiger charge is -2.29. The third-order valence-corrected chi connectivity index (χ3v) is 6.77. The van der Waals surface area contributed by atoms with Gasteiger partial charge in [0.1, 0.15) is 12.1 Å². The van der Waals surface area contributed by atoms with Gasteiger partial charge in [-0.05, 0) is 56.4 Å². The zero-order valence-electron chi connectivity index (χ0n) is 20.2. The number of nitrogens with one attached hydrogen (secondary N) is 1. The predicted molar refractivity (Wildman–Crippen MR) is 134 cm³/mol. The van der Waals surface area contributed by atoms with Gasteiger partial charge in [0, 0.05) is 44.5 Å². The first kappa shape index (κ1) is 26.8. The second-order valence-electron chi connectivity index (χ2n) is 9.21. The van der Waals surface area contributed by atoms with Gasteiger partial charge in [0.25, 0.3) is 5.91 Å². The number of thiocarbonyl (C=S) groups is 1. The summed E-state index contributed by atoms with van der Waals surface area (Å²) in [6, 6.07) is 8.64. The van der Waals surface area contributed by atoms with Crippen molar-refractivity contribution in [3.05, 3.63) is 53.3 Å². The Kier molecular flexibility index (Phi) is 7.41. The molecule has 0 atom stereocenters. The van der Waals surface area contributed by atoms with E-state index in [1.807, 2.05) is 0 Å².